The van der Waals surface area contributed by atoms with E-state index in [0.29, 0.717) is 31.3 Å². The molecule has 3 N–H and O–H groups in total. The van der Waals surface area contributed by atoms with Gasteiger partial charge in [-0.3, -0.25) is 4.79 Å². The Bertz CT molecular complexity index is 819. The van der Waals surface area contributed by atoms with E-state index in [1.165, 1.54) is 0 Å². The Kier molecular flexibility index (Phi) is 11.9. The number of nitrogens with one attached hydrogen (secondary N) is 3. The van der Waals surface area contributed by atoms with Crippen molar-refractivity contribution < 1.29 is 4.79 Å². The van der Waals surface area contributed by atoms with Gasteiger partial charge in [-0.25, -0.2) is 9.98 Å². The van der Waals surface area contributed by atoms with E-state index >= 15 is 0 Å². The molecule has 0 aliphatic heterocycles. The Morgan fingerprint density at radius 3 is 2.60 bits per heavy atom. The van der Waals surface area contributed by atoms with Gasteiger partial charge in [0.1, 0.15) is 5.01 Å². The highest BCUT2D eigenvalue weighted by atomic mass is 127. The first-order valence-electron chi connectivity index (χ1n) is 10.2. The molecule has 0 bridgehead atoms. The number of aliphatic imine (C=N–C) groups is 1. The lowest BCUT2D eigenvalue weighted by Gasteiger charge is -2.11. The first-order valence-corrected chi connectivity index (χ1v) is 11.1. The van der Waals surface area contributed by atoms with Gasteiger partial charge in [0.25, 0.3) is 0 Å². The lowest BCUT2D eigenvalue weighted by atomic mass is 10.1. The summed E-state index contributed by atoms with van der Waals surface area (Å²) < 4.78 is 0. The van der Waals surface area contributed by atoms with Crippen LogP contribution in [0.4, 0.5) is 5.69 Å². The lowest BCUT2D eigenvalue weighted by Crippen LogP contribution is -2.36. The zero-order valence-corrected chi connectivity index (χ0v) is 21.6. The zero-order valence-electron chi connectivity index (χ0n) is 18.5. The summed E-state index contributed by atoms with van der Waals surface area (Å²) in [6.45, 7) is 12.4. The summed E-state index contributed by atoms with van der Waals surface area (Å²) in [6.07, 6.45) is 0.520. The number of rotatable bonds is 9. The number of guanidine groups is 1. The standard InChI is InChI=1S/C22H33N5OS.HI/c1-6-23-22(25-13-21-27-19(14-29-21)16(4)5)24-12-17-8-7-9-18(11-17)26-20(28)10-15(2)3;/h7-9,11,14-16H,6,10,12-13H2,1-5H3,(H,26,28)(H2,23,24,25);1H. The van der Waals surface area contributed by atoms with Crippen molar-refractivity contribution >= 4 is 52.9 Å². The summed E-state index contributed by atoms with van der Waals surface area (Å²) in [5.74, 6) is 1.57. The molecule has 0 saturated carbocycles. The highest BCUT2D eigenvalue weighted by Crippen LogP contribution is 2.17. The van der Waals surface area contributed by atoms with Crippen LogP contribution in [-0.2, 0) is 17.9 Å². The van der Waals surface area contributed by atoms with Gasteiger partial charge >= 0.3 is 0 Å². The van der Waals surface area contributed by atoms with Crippen LogP contribution in [-0.4, -0.2) is 23.4 Å². The average molecular weight is 544 g/mol. The van der Waals surface area contributed by atoms with Crippen molar-refractivity contribution in [2.75, 3.05) is 11.9 Å². The second-order valence-corrected chi connectivity index (χ2v) is 8.66. The van der Waals surface area contributed by atoms with Crippen LogP contribution in [0.2, 0.25) is 0 Å². The molecule has 1 aromatic heterocycles. The molecule has 0 unspecified atom stereocenters. The maximum Gasteiger partial charge on any atom is 0.224 e. The van der Waals surface area contributed by atoms with Gasteiger partial charge in [-0.2, -0.15) is 0 Å². The largest absolute Gasteiger partial charge is 0.357 e. The zero-order chi connectivity index (χ0) is 21.2. The van der Waals surface area contributed by atoms with Crippen molar-refractivity contribution in [3.63, 3.8) is 0 Å². The van der Waals surface area contributed by atoms with Crippen molar-refractivity contribution in [2.24, 2.45) is 10.9 Å². The summed E-state index contributed by atoms with van der Waals surface area (Å²) in [7, 11) is 0. The molecule has 0 aliphatic carbocycles. The second-order valence-electron chi connectivity index (χ2n) is 7.72. The highest BCUT2D eigenvalue weighted by Gasteiger charge is 2.07. The molecule has 30 heavy (non-hydrogen) atoms. The van der Waals surface area contributed by atoms with Crippen LogP contribution in [0.3, 0.4) is 0 Å². The molecule has 1 aromatic carbocycles. The first-order chi connectivity index (χ1) is 13.9. The third-order valence-electron chi connectivity index (χ3n) is 4.14. The lowest BCUT2D eigenvalue weighted by molar-refractivity contribution is -0.116. The summed E-state index contributed by atoms with van der Waals surface area (Å²) in [5.41, 5.74) is 2.98. The van der Waals surface area contributed by atoms with Crippen molar-refractivity contribution in [3.05, 3.63) is 45.9 Å². The third-order valence-corrected chi connectivity index (χ3v) is 5.00. The molecule has 166 valence electrons. The van der Waals surface area contributed by atoms with Gasteiger partial charge in [-0.05, 0) is 36.5 Å². The Labute approximate surface area is 201 Å². The van der Waals surface area contributed by atoms with Crippen molar-refractivity contribution in [2.45, 2.75) is 60.0 Å². The minimum Gasteiger partial charge on any atom is -0.357 e. The summed E-state index contributed by atoms with van der Waals surface area (Å²) in [5, 5.41) is 12.7. The summed E-state index contributed by atoms with van der Waals surface area (Å²) >= 11 is 1.67. The van der Waals surface area contributed by atoms with E-state index in [2.05, 4.69) is 45.2 Å². The van der Waals surface area contributed by atoms with E-state index in [0.717, 1.165) is 34.5 Å². The number of hydrogen-bond acceptors (Lipinski definition) is 4. The number of aromatic nitrogens is 1. The van der Waals surface area contributed by atoms with Crippen LogP contribution in [0.15, 0.2) is 34.6 Å². The monoisotopic (exact) mass is 543 g/mol. The number of carbonyl (C=O) groups excluding carboxylic acids is 1. The SMILES string of the molecule is CCNC(=NCc1cccc(NC(=O)CC(C)C)c1)NCc1nc(C(C)C)cs1.I. The minimum atomic E-state index is 0. The smallest absolute Gasteiger partial charge is 0.224 e. The fourth-order valence-corrected chi connectivity index (χ4v) is 3.57. The number of halogens is 1. The molecule has 0 aliphatic rings. The molecule has 1 amide bonds. The highest BCUT2D eigenvalue weighted by molar-refractivity contribution is 14.0. The van der Waals surface area contributed by atoms with E-state index in [1.807, 2.05) is 45.0 Å². The van der Waals surface area contributed by atoms with Crippen LogP contribution in [0.25, 0.3) is 0 Å². The van der Waals surface area contributed by atoms with E-state index in [9.17, 15) is 4.79 Å². The number of thiazole rings is 1. The molecule has 0 radical (unpaired) electrons. The molecule has 0 spiro atoms. The normalized spacial score (nSPS) is 11.4. The van der Waals surface area contributed by atoms with Crippen molar-refractivity contribution in [1.29, 1.82) is 0 Å². The van der Waals surface area contributed by atoms with E-state index in [4.69, 9.17) is 0 Å². The third kappa shape index (κ3) is 9.42. The van der Waals surface area contributed by atoms with Crippen LogP contribution >= 0.6 is 35.3 Å². The van der Waals surface area contributed by atoms with Gasteiger partial charge in [0.15, 0.2) is 5.96 Å². The van der Waals surface area contributed by atoms with Crippen LogP contribution < -0.4 is 16.0 Å². The molecule has 0 atom stereocenters. The number of benzene rings is 1. The molecule has 8 heteroatoms. The molecule has 6 nitrogen and oxygen atoms in total. The summed E-state index contributed by atoms with van der Waals surface area (Å²) in [6, 6.07) is 7.84. The van der Waals surface area contributed by atoms with Gasteiger partial charge in [0.2, 0.25) is 5.91 Å². The van der Waals surface area contributed by atoms with Crippen LogP contribution in [0.1, 0.15) is 63.2 Å². The fourth-order valence-electron chi connectivity index (χ4n) is 2.67. The van der Waals surface area contributed by atoms with Gasteiger partial charge in [0.05, 0.1) is 18.8 Å². The number of nitrogens with zero attached hydrogens (tertiary/aromatic N) is 2. The Morgan fingerprint density at radius 2 is 1.97 bits per heavy atom. The van der Waals surface area contributed by atoms with Crippen molar-refractivity contribution in [1.82, 2.24) is 15.6 Å². The van der Waals surface area contributed by atoms with Gasteiger partial charge in [-0.15, -0.1) is 35.3 Å². The Hall–Kier alpha value is -1.68. The predicted octanol–water partition coefficient (Wildman–Crippen LogP) is 5.12. The summed E-state index contributed by atoms with van der Waals surface area (Å²) in [4.78, 5) is 21.3. The quantitative estimate of drug-likeness (QED) is 0.233. The molecular weight excluding hydrogens is 509 g/mol. The first kappa shape index (κ1) is 26.4. The van der Waals surface area contributed by atoms with E-state index < -0.39 is 0 Å². The predicted molar refractivity (Wildman–Crippen MR) is 138 cm³/mol. The second kappa shape index (κ2) is 13.6. The number of hydrogen-bond donors (Lipinski definition) is 3. The number of amides is 1. The number of anilines is 1. The molecule has 0 fully saturated rings. The van der Waals surface area contributed by atoms with Crippen LogP contribution in [0, 0.1) is 5.92 Å². The molecule has 1 heterocycles. The van der Waals surface area contributed by atoms with Crippen LogP contribution in [0.5, 0.6) is 0 Å². The number of carbonyl (C=O) groups is 1. The van der Waals surface area contributed by atoms with Gasteiger partial charge in [0, 0.05) is 24.0 Å². The van der Waals surface area contributed by atoms with Gasteiger partial charge < -0.3 is 16.0 Å². The maximum atomic E-state index is 12.0. The molecule has 2 rings (SSSR count). The van der Waals surface area contributed by atoms with Gasteiger partial charge in [-0.1, -0.05) is 39.8 Å². The van der Waals surface area contributed by atoms with Crippen molar-refractivity contribution in [3.8, 4) is 0 Å². The van der Waals surface area contributed by atoms with E-state index in [1.54, 1.807) is 11.3 Å². The molecule has 2 aromatic rings. The maximum absolute atomic E-state index is 12.0. The van der Waals surface area contributed by atoms with E-state index in [-0.39, 0.29) is 29.9 Å². The fraction of sp³-hybridized carbons (Fsp3) is 0.500. The minimum absolute atomic E-state index is 0. The average Bonchev–Trinajstić information content (AvgIpc) is 3.13. The molecule has 0 saturated heterocycles. The Morgan fingerprint density at radius 1 is 1.20 bits per heavy atom. The molecular formula is C22H34IN5OS. The Balaban J connectivity index is 0.00000450. The topological polar surface area (TPSA) is 78.4 Å².